The van der Waals surface area contributed by atoms with Crippen LogP contribution in [0.15, 0.2) is 29.3 Å². The molecule has 2 fully saturated rings. The monoisotopic (exact) mass is 289 g/mol. The number of rotatable bonds is 4. The summed E-state index contributed by atoms with van der Waals surface area (Å²) in [5.41, 5.74) is 1.20. The van der Waals surface area contributed by atoms with Crippen molar-refractivity contribution in [1.29, 1.82) is 0 Å². The topological polar surface area (TPSA) is 36.4 Å². The average Bonchev–Trinajstić information content (AvgIpc) is 3.12. The molecule has 0 atom stereocenters. The maximum Gasteiger partial charge on any atom is 0.191 e. The normalized spacial score (nSPS) is 21.3. The summed E-state index contributed by atoms with van der Waals surface area (Å²) in [6.07, 6.45) is 7.31. The fraction of sp³-hybridized carbons (Fsp3) is 0.588. The molecule has 4 heteroatoms. The third-order valence-electron chi connectivity index (χ3n) is 4.80. The van der Waals surface area contributed by atoms with Crippen LogP contribution in [0.1, 0.15) is 44.1 Å². The number of benzene rings is 1. The highest BCUT2D eigenvalue weighted by molar-refractivity contribution is 5.80. The van der Waals surface area contributed by atoms with Gasteiger partial charge in [-0.05, 0) is 43.4 Å². The van der Waals surface area contributed by atoms with E-state index in [4.69, 9.17) is 0 Å². The minimum Gasteiger partial charge on any atom is -0.356 e. The van der Waals surface area contributed by atoms with Crippen LogP contribution < -0.4 is 10.6 Å². The molecule has 1 aromatic rings. The second kappa shape index (κ2) is 6.04. The van der Waals surface area contributed by atoms with Crippen molar-refractivity contribution in [2.24, 2.45) is 4.99 Å². The van der Waals surface area contributed by atoms with E-state index in [1.807, 2.05) is 13.1 Å². The fourth-order valence-corrected chi connectivity index (χ4v) is 3.25. The summed E-state index contributed by atoms with van der Waals surface area (Å²) in [7, 11) is 1.81. The van der Waals surface area contributed by atoms with Crippen molar-refractivity contribution in [3.63, 3.8) is 0 Å². The van der Waals surface area contributed by atoms with Crippen LogP contribution in [0.2, 0.25) is 0 Å². The predicted molar refractivity (Wildman–Crippen MR) is 84.1 cm³/mol. The van der Waals surface area contributed by atoms with Crippen molar-refractivity contribution in [2.75, 3.05) is 13.6 Å². The lowest BCUT2D eigenvalue weighted by atomic mass is 9.96. The highest BCUT2D eigenvalue weighted by Gasteiger charge is 2.44. The summed E-state index contributed by atoms with van der Waals surface area (Å²) >= 11 is 0. The van der Waals surface area contributed by atoms with Crippen LogP contribution in [0, 0.1) is 5.82 Å². The first-order valence-electron chi connectivity index (χ1n) is 7.95. The molecule has 0 aliphatic heterocycles. The molecule has 114 valence electrons. The van der Waals surface area contributed by atoms with Crippen LogP contribution in [-0.4, -0.2) is 25.6 Å². The maximum absolute atomic E-state index is 13.4. The standard InChI is InChI=1S/C17H24FN3/c1-19-16(21-15-7-2-3-8-15)20-12-17(9-10-17)13-5-4-6-14(18)11-13/h4-6,11,15H,2-3,7-10,12H2,1H3,(H2,19,20,21). The predicted octanol–water partition coefficient (Wildman–Crippen LogP) is 2.96. The van der Waals surface area contributed by atoms with Crippen LogP contribution in [0.4, 0.5) is 4.39 Å². The number of hydrogen-bond donors (Lipinski definition) is 2. The summed E-state index contributed by atoms with van der Waals surface area (Å²) in [4.78, 5) is 4.31. The van der Waals surface area contributed by atoms with Gasteiger partial charge in [-0.2, -0.15) is 0 Å². The van der Waals surface area contributed by atoms with Crippen molar-refractivity contribution < 1.29 is 4.39 Å². The molecule has 0 aromatic heterocycles. The van der Waals surface area contributed by atoms with E-state index in [1.165, 1.54) is 31.7 Å². The maximum atomic E-state index is 13.4. The second-order valence-electron chi connectivity index (χ2n) is 6.34. The van der Waals surface area contributed by atoms with Gasteiger partial charge in [0.25, 0.3) is 0 Å². The van der Waals surface area contributed by atoms with Gasteiger partial charge in [0.2, 0.25) is 0 Å². The smallest absolute Gasteiger partial charge is 0.191 e. The van der Waals surface area contributed by atoms with Gasteiger partial charge >= 0.3 is 0 Å². The number of hydrogen-bond acceptors (Lipinski definition) is 1. The largest absolute Gasteiger partial charge is 0.356 e. The van der Waals surface area contributed by atoms with Gasteiger partial charge in [0.05, 0.1) is 0 Å². The van der Waals surface area contributed by atoms with Gasteiger partial charge in [-0.25, -0.2) is 4.39 Å². The highest BCUT2D eigenvalue weighted by atomic mass is 19.1. The molecule has 2 aliphatic rings. The molecule has 2 N–H and O–H groups in total. The summed E-state index contributed by atoms with van der Waals surface area (Å²) in [6.45, 7) is 0.822. The van der Waals surface area contributed by atoms with Gasteiger partial charge in [-0.15, -0.1) is 0 Å². The van der Waals surface area contributed by atoms with Gasteiger partial charge in [-0.1, -0.05) is 25.0 Å². The van der Waals surface area contributed by atoms with Crippen LogP contribution in [0.3, 0.4) is 0 Å². The van der Waals surface area contributed by atoms with E-state index >= 15 is 0 Å². The lowest BCUT2D eigenvalue weighted by molar-refractivity contribution is 0.587. The average molecular weight is 289 g/mol. The van der Waals surface area contributed by atoms with Crippen LogP contribution in [-0.2, 0) is 5.41 Å². The summed E-state index contributed by atoms with van der Waals surface area (Å²) < 4.78 is 13.4. The number of guanidine groups is 1. The van der Waals surface area contributed by atoms with Crippen LogP contribution in [0.25, 0.3) is 0 Å². The molecule has 0 radical (unpaired) electrons. The first-order chi connectivity index (χ1) is 10.2. The van der Waals surface area contributed by atoms with Crippen molar-refractivity contribution >= 4 is 5.96 Å². The van der Waals surface area contributed by atoms with Gasteiger partial charge in [0.1, 0.15) is 5.82 Å². The molecular weight excluding hydrogens is 265 g/mol. The Hall–Kier alpha value is -1.58. The molecular formula is C17H24FN3. The summed E-state index contributed by atoms with van der Waals surface area (Å²) in [6, 6.07) is 7.57. The molecule has 3 rings (SSSR count). The number of nitrogens with zero attached hydrogens (tertiary/aromatic N) is 1. The lowest BCUT2D eigenvalue weighted by Gasteiger charge is -2.21. The Balaban J connectivity index is 1.58. The Kier molecular flexibility index (Phi) is 4.13. The SMILES string of the molecule is CN=C(NCC1(c2cccc(F)c2)CC1)NC1CCCC1. The van der Waals surface area contributed by atoms with Gasteiger partial charge in [0.15, 0.2) is 5.96 Å². The molecule has 0 heterocycles. The molecule has 0 spiro atoms. The van der Waals surface area contributed by atoms with Crippen LogP contribution >= 0.6 is 0 Å². The first-order valence-corrected chi connectivity index (χ1v) is 7.95. The minimum atomic E-state index is -0.146. The van der Waals surface area contributed by atoms with E-state index in [1.54, 1.807) is 12.1 Å². The van der Waals surface area contributed by atoms with Crippen molar-refractivity contribution in [3.05, 3.63) is 35.6 Å². The van der Waals surface area contributed by atoms with E-state index in [2.05, 4.69) is 15.6 Å². The first kappa shape index (κ1) is 14.4. The van der Waals surface area contributed by atoms with Crippen molar-refractivity contribution in [2.45, 2.75) is 50.0 Å². The molecule has 0 bridgehead atoms. The van der Waals surface area contributed by atoms with E-state index in [0.717, 1.165) is 30.9 Å². The zero-order chi connectivity index (χ0) is 14.7. The Bertz CT molecular complexity index is 517. The Morgan fingerprint density at radius 3 is 2.71 bits per heavy atom. The van der Waals surface area contributed by atoms with E-state index < -0.39 is 0 Å². The van der Waals surface area contributed by atoms with Gasteiger partial charge in [-0.3, -0.25) is 4.99 Å². The quantitative estimate of drug-likeness (QED) is 0.660. The van der Waals surface area contributed by atoms with Gasteiger partial charge in [0, 0.05) is 25.0 Å². The van der Waals surface area contributed by atoms with E-state index in [0.29, 0.717) is 6.04 Å². The van der Waals surface area contributed by atoms with Crippen molar-refractivity contribution in [1.82, 2.24) is 10.6 Å². The molecule has 0 unspecified atom stereocenters. The summed E-state index contributed by atoms with van der Waals surface area (Å²) in [5.74, 6) is 0.733. The molecule has 2 saturated carbocycles. The fourth-order valence-electron chi connectivity index (χ4n) is 3.25. The van der Waals surface area contributed by atoms with Gasteiger partial charge < -0.3 is 10.6 Å². The number of nitrogens with one attached hydrogen (secondary N) is 2. The molecule has 21 heavy (non-hydrogen) atoms. The minimum absolute atomic E-state index is 0.0927. The molecule has 3 nitrogen and oxygen atoms in total. The zero-order valence-corrected chi connectivity index (χ0v) is 12.7. The second-order valence-corrected chi connectivity index (χ2v) is 6.34. The van der Waals surface area contributed by atoms with E-state index in [-0.39, 0.29) is 11.2 Å². The number of halogens is 1. The molecule has 0 saturated heterocycles. The third kappa shape index (κ3) is 3.36. The molecule has 1 aromatic carbocycles. The summed E-state index contributed by atoms with van der Waals surface area (Å²) in [5, 5.41) is 6.93. The molecule has 2 aliphatic carbocycles. The Morgan fingerprint density at radius 2 is 2.10 bits per heavy atom. The van der Waals surface area contributed by atoms with E-state index in [9.17, 15) is 4.39 Å². The lowest BCUT2D eigenvalue weighted by Crippen LogP contribution is -2.44. The Labute approximate surface area is 126 Å². The highest BCUT2D eigenvalue weighted by Crippen LogP contribution is 2.47. The third-order valence-corrected chi connectivity index (χ3v) is 4.80. The Morgan fingerprint density at radius 1 is 1.33 bits per heavy atom. The van der Waals surface area contributed by atoms with Crippen LogP contribution in [0.5, 0.6) is 0 Å². The number of aliphatic imine (C=N–C) groups is 1. The zero-order valence-electron chi connectivity index (χ0n) is 12.7. The van der Waals surface area contributed by atoms with Crippen molar-refractivity contribution in [3.8, 4) is 0 Å². The molecule has 0 amide bonds.